The Morgan fingerprint density at radius 2 is 1.88 bits per heavy atom. The van der Waals surface area contributed by atoms with Crippen molar-refractivity contribution in [2.75, 3.05) is 38.8 Å². The molecule has 1 aliphatic carbocycles. The number of anilines is 1. The molecule has 7 heteroatoms. The van der Waals surface area contributed by atoms with Gasteiger partial charge in [-0.25, -0.2) is 14.4 Å². The van der Waals surface area contributed by atoms with E-state index in [1.807, 2.05) is 24.3 Å². The molecule has 0 spiro atoms. The molecule has 0 amide bonds. The first kappa shape index (κ1) is 23.0. The van der Waals surface area contributed by atoms with Gasteiger partial charge in [-0.05, 0) is 67.3 Å². The fourth-order valence-corrected chi connectivity index (χ4v) is 4.95. The van der Waals surface area contributed by atoms with E-state index in [2.05, 4.69) is 28.1 Å². The highest BCUT2D eigenvalue weighted by Crippen LogP contribution is 2.49. The number of nitrogens with two attached hydrogens (primary N) is 1. The lowest BCUT2D eigenvalue weighted by molar-refractivity contribution is 0.188. The van der Waals surface area contributed by atoms with E-state index in [1.54, 1.807) is 14.2 Å². The van der Waals surface area contributed by atoms with Crippen molar-refractivity contribution in [3.8, 4) is 5.75 Å². The maximum Gasteiger partial charge on any atom is 0.170 e. The third kappa shape index (κ3) is 4.46. The van der Waals surface area contributed by atoms with E-state index in [0.717, 1.165) is 60.4 Å². The van der Waals surface area contributed by atoms with Crippen LogP contribution in [0.3, 0.4) is 0 Å². The fourth-order valence-electron chi connectivity index (χ4n) is 4.95. The maximum absolute atomic E-state index is 15.0. The van der Waals surface area contributed by atoms with Crippen molar-refractivity contribution in [3.63, 3.8) is 0 Å². The molecule has 0 bridgehead atoms. The summed E-state index contributed by atoms with van der Waals surface area (Å²) in [6.07, 6.45) is 3.68. The van der Waals surface area contributed by atoms with Gasteiger partial charge in [0.15, 0.2) is 11.5 Å². The van der Waals surface area contributed by atoms with E-state index in [0.29, 0.717) is 31.2 Å². The first-order valence-corrected chi connectivity index (χ1v) is 12.2. The van der Waals surface area contributed by atoms with E-state index in [1.165, 1.54) is 5.56 Å². The Balaban J connectivity index is 1.46. The number of alkyl halides is 1. The molecule has 5 rings (SSSR count). The summed E-state index contributed by atoms with van der Waals surface area (Å²) in [7, 11) is 3.40. The molecule has 1 unspecified atom stereocenters. The summed E-state index contributed by atoms with van der Waals surface area (Å²) in [6, 6.07) is 14.2. The van der Waals surface area contributed by atoms with E-state index in [4.69, 9.17) is 20.2 Å². The van der Waals surface area contributed by atoms with Crippen LogP contribution in [-0.2, 0) is 10.4 Å². The smallest absolute Gasteiger partial charge is 0.170 e. The molecular weight excluding hydrogens is 431 g/mol. The predicted octanol–water partition coefficient (Wildman–Crippen LogP) is 5.02. The zero-order valence-corrected chi connectivity index (χ0v) is 20.0. The molecule has 2 aliphatic rings. The molecule has 1 aliphatic heterocycles. The van der Waals surface area contributed by atoms with Gasteiger partial charge in [0.25, 0.3) is 0 Å². The molecule has 180 valence electrons. The van der Waals surface area contributed by atoms with Gasteiger partial charge in [0, 0.05) is 38.2 Å². The maximum atomic E-state index is 15.0. The second-order valence-electron chi connectivity index (χ2n) is 9.50. The molecule has 2 heterocycles. The number of nitrogens with zero attached hydrogens (tertiary/aromatic N) is 3. The molecule has 1 aromatic heterocycles. The second kappa shape index (κ2) is 9.47. The predicted molar refractivity (Wildman–Crippen MR) is 132 cm³/mol. The number of aromatic nitrogens is 2. The van der Waals surface area contributed by atoms with Gasteiger partial charge in [-0.15, -0.1) is 0 Å². The summed E-state index contributed by atoms with van der Waals surface area (Å²) in [5.74, 6) is 2.51. The van der Waals surface area contributed by atoms with Gasteiger partial charge in [0.05, 0.1) is 12.6 Å². The Hall–Kier alpha value is -2.77. The van der Waals surface area contributed by atoms with Crippen LogP contribution in [0.25, 0.3) is 10.9 Å². The monoisotopic (exact) mass is 464 g/mol. The fraction of sp³-hybridized carbons (Fsp3) is 0.481. The third-order valence-electron chi connectivity index (χ3n) is 7.22. The van der Waals surface area contributed by atoms with Crippen LogP contribution in [0.5, 0.6) is 5.75 Å². The van der Waals surface area contributed by atoms with E-state index < -0.39 is 5.67 Å². The van der Waals surface area contributed by atoms with Crippen molar-refractivity contribution < 1.29 is 13.9 Å². The Bertz CT molecular complexity index is 1160. The number of ether oxygens (including phenoxy) is 2. The van der Waals surface area contributed by atoms with Crippen LogP contribution in [0.2, 0.25) is 0 Å². The molecule has 1 saturated carbocycles. The molecule has 3 aromatic rings. The Morgan fingerprint density at radius 3 is 2.59 bits per heavy atom. The minimum atomic E-state index is -1.38. The lowest BCUT2D eigenvalue weighted by atomic mass is 9.88. The average molecular weight is 465 g/mol. The molecule has 2 aromatic carbocycles. The van der Waals surface area contributed by atoms with Crippen LogP contribution in [0.15, 0.2) is 42.5 Å². The Morgan fingerprint density at radius 1 is 1.12 bits per heavy atom. The lowest BCUT2D eigenvalue weighted by Gasteiger charge is -2.34. The molecule has 2 fully saturated rings. The van der Waals surface area contributed by atoms with Crippen molar-refractivity contribution in [1.29, 1.82) is 0 Å². The largest absolute Gasteiger partial charge is 0.496 e. The number of hydrogen-bond donors (Lipinski definition) is 1. The van der Waals surface area contributed by atoms with Crippen molar-refractivity contribution in [2.24, 2.45) is 5.73 Å². The molecule has 0 radical (unpaired) electrons. The summed E-state index contributed by atoms with van der Waals surface area (Å²) in [6.45, 7) is 2.28. The van der Waals surface area contributed by atoms with Gasteiger partial charge in [-0.1, -0.05) is 24.3 Å². The summed E-state index contributed by atoms with van der Waals surface area (Å²) in [4.78, 5) is 11.7. The van der Waals surface area contributed by atoms with Gasteiger partial charge in [0.1, 0.15) is 11.6 Å². The number of benzene rings is 2. The number of methoxy groups -OCH3 is 2. The summed E-state index contributed by atoms with van der Waals surface area (Å²) in [5.41, 5.74) is 8.08. The normalized spacial score (nSPS) is 18.8. The van der Waals surface area contributed by atoms with Gasteiger partial charge >= 0.3 is 0 Å². The van der Waals surface area contributed by atoms with Gasteiger partial charge in [0.2, 0.25) is 0 Å². The Kier molecular flexibility index (Phi) is 6.40. The third-order valence-corrected chi connectivity index (χ3v) is 7.22. The number of fused-ring (bicyclic) bond motifs is 1. The van der Waals surface area contributed by atoms with Crippen LogP contribution < -0.4 is 15.4 Å². The van der Waals surface area contributed by atoms with Crippen LogP contribution in [0, 0.1) is 0 Å². The number of para-hydroxylation sites is 1. The Labute approximate surface area is 200 Å². The number of rotatable bonds is 8. The van der Waals surface area contributed by atoms with Crippen LogP contribution in [0.1, 0.15) is 61.0 Å². The summed E-state index contributed by atoms with van der Waals surface area (Å²) in [5, 5.41) is 0.939. The van der Waals surface area contributed by atoms with Crippen molar-refractivity contribution in [1.82, 2.24) is 9.97 Å². The molecular formula is C27H33FN4O2. The highest BCUT2D eigenvalue weighted by molar-refractivity contribution is 5.90. The number of halogens is 1. The second-order valence-corrected chi connectivity index (χ2v) is 9.50. The van der Waals surface area contributed by atoms with E-state index >= 15 is 4.39 Å². The number of hydrogen-bond acceptors (Lipinski definition) is 6. The zero-order valence-electron chi connectivity index (χ0n) is 20.0. The first-order chi connectivity index (χ1) is 16.5. The number of piperidine rings is 1. The molecule has 6 nitrogen and oxygen atoms in total. The van der Waals surface area contributed by atoms with Crippen molar-refractivity contribution in [2.45, 2.75) is 49.7 Å². The molecule has 2 N–H and O–H groups in total. The minimum Gasteiger partial charge on any atom is -0.496 e. The lowest BCUT2D eigenvalue weighted by Crippen LogP contribution is -2.34. The quantitative estimate of drug-likeness (QED) is 0.505. The van der Waals surface area contributed by atoms with E-state index in [-0.39, 0.29) is 6.04 Å². The van der Waals surface area contributed by atoms with E-state index in [9.17, 15) is 0 Å². The van der Waals surface area contributed by atoms with Crippen LogP contribution in [-0.4, -0.2) is 43.9 Å². The minimum absolute atomic E-state index is 0.135. The molecule has 1 saturated heterocycles. The SMILES string of the molecule is COCCC(N)c1ccc2nc(C3(F)CC3)nc(N3CCC(c4ccccc4OC)CC3)c2c1. The van der Waals surface area contributed by atoms with Gasteiger partial charge in [-0.3, -0.25) is 0 Å². The van der Waals surface area contributed by atoms with Gasteiger partial charge < -0.3 is 20.1 Å². The van der Waals surface area contributed by atoms with Crippen molar-refractivity contribution >= 4 is 16.7 Å². The zero-order chi connectivity index (χ0) is 23.7. The summed E-state index contributed by atoms with van der Waals surface area (Å²) < 4.78 is 25.8. The van der Waals surface area contributed by atoms with Gasteiger partial charge in [-0.2, -0.15) is 0 Å². The highest BCUT2D eigenvalue weighted by Gasteiger charge is 2.48. The first-order valence-electron chi connectivity index (χ1n) is 12.2. The highest BCUT2D eigenvalue weighted by atomic mass is 19.1. The molecule has 1 atom stereocenters. The topological polar surface area (TPSA) is 73.5 Å². The van der Waals surface area contributed by atoms with Crippen molar-refractivity contribution in [3.05, 3.63) is 59.4 Å². The van der Waals surface area contributed by atoms with Crippen LogP contribution in [0.4, 0.5) is 10.2 Å². The molecule has 34 heavy (non-hydrogen) atoms. The standard InChI is InChI=1S/C27H33FN4O2/c1-33-16-11-22(29)19-7-8-23-21(17-19)25(31-26(30-23)27(28)12-13-27)32-14-9-18(10-15-32)20-5-3-4-6-24(20)34-2/h3-8,17-18,22H,9-16,29H2,1-2H3. The van der Waals surface area contributed by atoms with Crippen LogP contribution >= 0.6 is 0 Å². The summed E-state index contributed by atoms with van der Waals surface area (Å²) >= 11 is 0. The average Bonchev–Trinajstić information content (AvgIpc) is 3.64.